The van der Waals surface area contributed by atoms with Crippen molar-refractivity contribution < 1.29 is 5.11 Å². The molecule has 3 heteroatoms. The Morgan fingerprint density at radius 2 is 2.20 bits per heavy atom. The first kappa shape index (κ1) is 13.4. The largest absolute Gasteiger partial charge is 0.392 e. The number of aliphatic hydroxyl groups is 1. The molecule has 0 bridgehead atoms. The molecule has 20 heavy (non-hydrogen) atoms. The summed E-state index contributed by atoms with van der Waals surface area (Å²) in [5.41, 5.74) is 3.97. The van der Waals surface area contributed by atoms with Crippen molar-refractivity contribution in [3.8, 4) is 0 Å². The lowest BCUT2D eigenvalue weighted by molar-refractivity contribution is 0.125. The lowest BCUT2D eigenvalue weighted by atomic mass is 9.78. The molecular formula is C17H22N2O. The normalized spacial score (nSPS) is 19.6. The first-order valence-corrected chi connectivity index (χ1v) is 7.48. The molecule has 1 N–H and O–H groups in total. The van der Waals surface area contributed by atoms with E-state index >= 15 is 0 Å². The lowest BCUT2D eigenvalue weighted by Crippen LogP contribution is -2.23. The van der Waals surface area contributed by atoms with Crippen molar-refractivity contribution in [2.45, 2.75) is 44.1 Å². The van der Waals surface area contributed by atoms with E-state index in [4.69, 9.17) is 0 Å². The van der Waals surface area contributed by atoms with Crippen LogP contribution >= 0.6 is 0 Å². The number of aryl methyl sites for hydroxylation is 3. The molecule has 1 aliphatic carbocycles. The van der Waals surface area contributed by atoms with Crippen molar-refractivity contribution in [1.29, 1.82) is 0 Å². The van der Waals surface area contributed by atoms with Gasteiger partial charge >= 0.3 is 0 Å². The molecule has 0 aliphatic heterocycles. The number of aromatic nitrogens is 2. The quantitative estimate of drug-likeness (QED) is 0.927. The zero-order valence-corrected chi connectivity index (χ0v) is 12.0. The Hall–Kier alpha value is -1.61. The number of fused-ring (bicyclic) bond motifs is 1. The minimum absolute atomic E-state index is 0.258. The van der Waals surface area contributed by atoms with Crippen molar-refractivity contribution in [1.82, 2.24) is 9.78 Å². The third kappa shape index (κ3) is 2.63. The van der Waals surface area contributed by atoms with Crippen LogP contribution in [0, 0.1) is 0 Å². The second-order valence-electron chi connectivity index (χ2n) is 5.75. The maximum Gasteiger partial charge on any atom is 0.0612 e. The molecule has 0 fully saturated rings. The van der Waals surface area contributed by atoms with E-state index in [0.29, 0.717) is 5.92 Å². The topological polar surface area (TPSA) is 38.0 Å². The Labute approximate surface area is 120 Å². The fourth-order valence-electron chi connectivity index (χ4n) is 3.33. The van der Waals surface area contributed by atoms with Crippen LogP contribution in [0.5, 0.6) is 0 Å². The van der Waals surface area contributed by atoms with Gasteiger partial charge in [-0.2, -0.15) is 5.10 Å². The highest BCUT2D eigenvalue weighted by Gasteiger charge is 2.26. The number of hydrogen-bond acceptors (Lipinski definition) is 2. The number of nitrogens with zero attached hydrogens (tertiary/aromatic N) is 2. The number of rotatable bonds is 4. The summed E-state index contributed by atoms with van der Waals surface area (Å²) in [5.74, 6) is 0.299. The first-order chi connectivity index (χ1) is 9.75. The van der Waals surface area contributed by atoms with Gasteiger partial charge in [-0.15, -0.1) is 0 Å². The Kier molecular flexibility index (Phi) is 3.88. The molecule has 2 atom stereocenters. The van der Waals surface area contributed by atoms with E-state index in [2.05, 4.69) is 29.4 Å². The van der Waals surface area contributed by atoms with E-state index in [0.717, 1.165) is 25.7 Å². The van der Waals surface area contributed by atoms with Crippen LogP contribution in [0.1, 0.15) is 42.0 Å². The summed E-state index contributed by atoms with van der Waals surface area (Å²) in [4.78, 5) is 0. The third-order valence-corrected chi connectivity index (χ3v) is 4.50. The fourth-order valence-corrected chi connectivity index (χ4v) is 3.33. The van der Waals surface area contributed by atoms with Crippen molar-refractivity contribution in [2.24, 2.45) is 7.05 Å². The molecule has 1 aromatic carbocycles. The summed E-state index contributed by atoms with van der Waals surface area (Å²) in [7, 11) is 1.96. The monoisotopic (exact) mass is 270 g/mol. The summed E-state index contributed by atoms with van der Waals surface area (Å²) >= 11 is 0. The molecule has 1 heterocycles. The number of benzene rings is 1. The molecule has 3 nitrogen and oxygen atoms in total. The highest BCUT2D eigenvalue weighted by Crippen LogP contribution is 2.35. The summed E-state index contributed by atoms with van der Waals surface area (Å²) < 4.78 is 1.89. The second kappa shape index (κ2) is 5.80. The summed E-state index contributed by atoms with van der Waals surface area (Å²) in [5, 5.41) is 14.8. The predicted octanol–water partition coefficient (Wildman–Crippen LogP) is 2.83. The van der Waals surface area contributed by atoms with E-state index in [9.17, 15) is 5.11 Å². The van der Waals surface area contributed by atoms with Gasteiger partial charge in [-0.3, -0.25) is 4.68 Å². The van der Waals surface area contributed by atoms with Gasteiger partial charge in [-0.25, -0.2) is 0 Å². The molecule has 3 rings (SSSR count). The smallest absolute Gasteiger partial charge is 0.0612 e. The summed E-state index contributed by atoms with van der Waals surface area (Å²) in [6.45, 7) is 0. The maximum absolute atomic E-state index is 10.6. The van der Waals surface area contributed by atoms with Gasteiger partial charge in [0, 0.05) is 24.9 Å². The molecular weight excluding hydrogens is 248 g/mol. The molecule has 2 unspecified atom stereocenters. The molecule has 0 saturated heterocycles. The third-order valence-electron chi connectivity index (χ3n) is 4.50. The van der Waals surface area contributed by atoms with Crippen LogP contribution in [0.15, 0.2) is 36.5 Å². The van der Waals surface area contributed by atoms with Crippen LogP contribution in [-0.4, -0.2) is 21.0 Å². The standard InChI is InChI=1S/C17H22N2O/c1-19-14(11-12-18-19)9-10-17(20)16-8-4-6-13-5-2-3-7-15(13)16/h2-3,5,7,11-12,16-17,20H,4,6,8-10H2,1H3. The van der Waals surface area contributed by atoms with Crippen LogP contribution in [0.3, 0.4) is 0 Å². The Morgan fingerprint density at radius 1 is 1.35 bits per heavy atom. The van der Waals surface area contributed by atoms with Gasteiger partial charge in [0.15, 0.2) is 0 Å². The Morgan fingerprint density at radius 3 is 3.00 bits per heavy atom. The van der Waals surface area contributed by atoms with E-state index < -0.39 is 0 Å². The minimum atomic E-state index is -0.258. The first-order valence-electron chi connectivity index (χ1n) is 7.48. The lowest BCUT2D eigenvalue weighted by Gasteiger charge is -2.29. The van der Waals surface area contributed by atoms with E-state index in [1.54, 1.807) is 0 Å². The highest BCUT2D eigenvalue weighted by molar-refractivity contribution is 5.33. The average Bonchev–Trinajstić information content (AvgIpc) is 2.89. The molecule has 0 radical (unpaired) electrons. The maximum atomic E-state index is 10.6. The zero-order chi connectivity index (χ0) is 13.9. The van der Waals surface area contributed by atoms with Gasteiger partial charge in [0.25, 0.3) is 0 Å². The van der Waals surface area contributed by atoms with Gasteiger partial charge in [-0.1, -0.05) is 24.3 Å². The molecule has 1 aliphatic rings. The Bertz CT molecular complexity index is 576. The average molecular weight is 270 g/mol. The van der Waals surface area contributed by atoms with Crippen molar-refractivity contribution in [3.05, 3.63) is 53.3 Å². The summed E-state index contributed by atoms with van der Waals surface area (Å²) in [6, 6.07) is 10.6. The molecule has 0 amide bonds. The van der Waals surface area contributed by atoms with E-state index in [-0.39, 0.29) is 6.10 Å². The minimum Gasteiger partial charge on any atom is -0.392 e. The van der Waals surface area contributed by atoms with Crippen molar-refractivity contribution >= 4 is 0 Å². The SMILES string of the molecule is Cn1nccc1CCC(O)C1CCCc2ccccc21. The van der Waals surface area contributed by atoms with Crippen LogP contribution in [0.2, 0.25) is 0 Å². The van der Waals surface area contributed by atoms with Crippen molar-refractivity contribution in [2.75, 3.05) is 0 Å². The van der Waals surface area contributed by atoms with Crippen molar-refractivity contribution in [3.63, 3.8) is 0 Å². The van der Waals surface area contributed by atoms with Crippen LogP contribution in [0.25, 0.3) is 0 Å². The molecule has 106 valence electrons. The van der Waals surface area contributed by atoms with Crippen LogP contribution < -0.4 is 0 Å². The molecule has 1 aromatic heterocycles. The molecule has 0 spiro atoms. The summed E-state index contributed by atoms with van der Waals surface area (Å²) in [6.07, 6.45) is 6.69. The molecule has 2 aromatic rings. The van der Waals surface area contributed by atoms with Gasteiger partial charge in [0.2, 0.25) is 0 Å². The molecule has 0 saturated carbocycles. The number of hydrogen-bond donors (Lipinski definition) is 1. The van der Waals surface area contributed by atoms with E-state index in [1.165, 1.54) is 23.2 Å². The number of aliphatic hydroxyl groups excluding tert-OH is 1. The van der Waals surface area contributed by atoms with Gasteiger partial charge in [0.1, 0.15) is 0 Å². The Balaban J connectivity index is 1.69. The van der Waals surface area contributed by atoms with Crippen LogP contribution in [0.4, 0.5) is 0 Å². The predicted molar refractivity (Wildman–Crippen MR) is 79.7 cm³/mol. The van der Waals surface area contributed by atoms with Gasteiger partial charge in [-0.05, 0) is 49.3 Å². The van der Waals surface area contributed by atoms with Crippen LogP contribution in [-0.2, 0) is 19.9 Å². The van der Waals surface area contributed by atoms with E-state index in [1.807, 2.05) is 24.0 Å². The zero-order valence-electron chi connectivity index (χ0n) is 12.0. The fraction of sp³-hybridized carbons (Fsp3) is 0.471. The van der Waals surface area contributed by atoms with Gasteiger partial charge in [0.05, 0.1) is 6.10 Å². The highest BCUT2D eigenvalue weighted by atomic mass is 16.3. The van der Waals surface area contributed by atoms with Gasteiger partial charge < -0.3 is 5.11 Å². The second-order valence-corrected chi connectivity index (χ2v) is 5.75.